The van der Waals surface area contributed by atoms with Crippen LogP contribution < -0.4 is 10.4 Å². The molecule has 2 aliphatic carbocycles. The minimum atomic E-state index is -2.62. The maximum atomic E-state index is 7.92. The standard InChI is InChI=1S/C33H42OSi/c1-25-18-20-29-26(24-25)19-21-30-32(29,5)22-13-23-33(30,6)34-35(31(2,3)4,27-14-9-7-10-15-27)28-16-11-8-12-17-28/h7-12,14-18,20,24,30H,13,19,21-23H2,1-6H3/t30-,32+,33-/m0/s1. The molecule has 0 aromatic heterocycles. The highest BCUT2D eigenvalue weighted by Crippen LogP contribution is 2.56. The third-order valence-corrected chi connectivity index (χ3v) is 14.4. The Labute approximate surface area is 214 Å². The average molecular weight is 483 g/mol. The number of hydrogen-bond acceptors (Lipinski definition) is 1. The summed E-state index contributed by atoms with van der Waals surface area (Å²) >= 11 is 0. The summed E-state index contributed by atoms with van der Waals surface area (Å²) in [6, 6.07) is 29.6. The second-order valence-corrected chi connectivity index (χ2v) is 16.8. The van der Waals surface area contributed by atoms with E-state index in [2.05, 4.69) is 120 Å². The van der Waals surface area contributed by atoms with Gasteiger partial charge in [-0.05, 0) is 83.8 Å². The molecule has 3 atom stereocenters. The van der Waals surface area contributed by atoms with E-state index in [4.69, 9.17) is 4.43 Å². The monoisotopic (exact) mass is 482 g/mol. The Hall–Kier alpha value is -2.16. The minimum Gasteiger partial charge on any atom is -0.402 e. The van der Waals surface area contributed by atoms with Gasteiger partial charge >= 0.3 is 0 Å². The van der Waals surface area contributed by atoms with Crippen molar-refractivity contribution < 1.29 is 4.43 Å². The number of hydrogen-bond donors (Lipinski definition) is 0. The van der Waals surface area contributed by atoms with Gasteiger partial charge in [0.05, 0.1) is 5.60 Å². The zero-order valence-electron chi connectivity index (χ0n) is 22.5. The Morgan fingerprint density at radius 2 is 1.43 bits per heavy atom. The zero-order chi connectivity index (χ0) is 24.9. The van der Waals surface area contributed by atoms with Gasteiger partial charge in [0.2, 0.25) is 0 Å². The molecular weight excluding hydrogens is 440 g/mol. The molecule has 0 amide bonds. The third kappa shape index (κ3) is 3.94. The summed E-state index contributed by atoms with van der Waals surface area (Å²) < 4.78 is 7.92. The molecule has 1 nitrogen and oxygen atoms in total. The van der Waals surface area contributed by atoms with Gasteiger partial charge in [-0.3, -0.25) is 0 Å². The lowest BCUT2D eigenvalue weighted by Gasteiger charge is -2.59. The van der Waals surface area contributed by atoms with Gasteiger partial charge in [-0.2, -0.15) is 0 Å². The summed E-state index contributed by atoms with van der Waals surface area (Å²) in [6.45, 7) is 14.5. The number of aryl methyl sites for hydroxylation is 2. The summed E-state index contributed by atoms with van der Waals surface area (Å²) in [5.74, 6) is 0.514. The summed E-state index contributed by atoms with van der Waals surface area (Å²) in [5.41, 5.74) is 4.53. The van der Waals surface area contributed by atoms with Gasteiger partial charge in [0.15, 0.2) is 0 Å². The lowest BCUT2D eigenvalue weighted by molar-refractivity contribution is -0.0617. The van der Waals surface area contributed by atoms with E-state index in [0.29, 0.717) is 5.92 Å². The Morgan fingerprint density at radius 3 is 2.00 bits per heavy atom. The Kier molecular flexibility index (Phi) is 6.13. The van der Waals surface area contributed by atoms with Crippen LogP contribution in [-0.2, 0) is 16.3 Å². The predicted molar refractivity (Wildman–Crippen MR) is 151 cm³/mol. The molecule has 2 aliphatic rings. The van der Waals surface area contributed by atoms with E-state index < -0.39 is 8.32 Å². The molecule has 3 aromatic rings. The average Bonchev–Trinajstić information content (AvgIpc) is 2.82. The van der Waals surface area contributed by atoms with E-state index in [1.54, 1.807) is 11.1 Å². The molecule has 0 aliphatic heterocycles. The molecule has 184 valence electrons. The lowest BCUT2D eigenvalue weighted by atomic mass is 9.53. The van der Waals surface area contributed by atoms with Crippen LogP contribution in [0.4, 0.5) is 0 Å². The van der Waals surface area contributed by atoms with Crippen LogP contribution >= 0.6 is 0 Å². The van der Waals surface area contributed by atoms with Gasteiger partial charge in [0.1, 0.15) is 0 Å². The third-order valence-electron chi connectivity index (χ3n) is 9.26. The first-order valence-electron chi connectivity index (χ1n) is 13.5. The Morgan fingerprint density at radius 1 is 0.829 bits per heavy atom. The van der Waals surface area contributed by atoms with Crippen LogP contribution in [0.3, 0.4) is 0 Å². The van der Waals surface area contributed by atoms with E-state index in [0.717, 1.165) is 12.8 Å². The van der Waals surface area contributed by atoms with Crippen molar-refractivity contribution in [2.24, 2.45) is 5.92 Å². The minimum absolute atomic E-state index is 0.00372. The predicted octanol–water partition coefficient (Wildman–Crippen LogP) is 7.33. The lowest BCUT2D eigenvalue weighted by Crippen LogP contribution is -2.71. The maximum Gasteiger partial charge on any atom is 0.261 e. The van der Waals surface area contributed by atoms with Crippen molar-refractivity contribution in [1.82, 2.24) is 0 Å². The molecule has 5 rings (SSSR count). The number of benzene rings is 3. The first kappa shape index (κ1) is 24.5. The van der Waals surface area contributed by atoms with E-state index in [1.165, 1.54) is 35.2 Å². The van der Waals surface area contributed by atoms with Gasteiger partial charge < -0.3 is 4.43 Å². The first-order chi connectivity index (χ1) is 16.6. The first-order valence-corrected chi connectivity index (χ1v) is 15.4. The normalized spacial score (nSPS) is 26.6. The van der Waals surface area contributed by atoms with Crippen LogP contribution in [0, 0.1) is 12.8 Å². The molecule has 0 heterocycles. The summed E-state index contributed by atoms with van der Waals surface area (Å²) in [4.78, 5) is 0. The highest BCUT2D eigenvalue weighted by molar-refractivity contribution is 6.99. The van der Waals surface area contributed by atoms with E-state index >= 15 is 0 Å². The zero-order valence-corrected chi connectivity index (χ0v) is 23.5. The van der Waals surface area contributed by atoms with Crippen molar-refractivity contribution in [3.05, 3.63) is 95.6 Å². The molecule has 0 unspecified atom stereocenters. The van der Waals surface area contributed by atoms with Crippen LogP contribution in [0.2, 0.25) is 5.04 Å². The molecule has 0 N–H and O–H groups in total. The molecule has 0 spiro atoms. The second kappa shape index (κ2) is 8.75. The fraction of sp³-hybridized carbons (Fsp3) is 0.455. The van der Waals surface area contributed by atoms with Crippen LogP contribution in [0.1, 0.15) is 77.0 Å². The summed E-state index contributed by atoms with van der Waals surface area (Å²) in [5, 5.41) is 2.77. The second-order valence-electron chi connectivity index (χ2n) is 12.6. The van der Waals surface area contributed by atoms with Crippen LogP contribution in [-0.4, -0.2) is 13.9 Å². The molecule has 0 bridgehead atoms. The van der Waals surface area contributed by atoms with Crippen molar-refractivity contribution in [3.63, 3.8) is 0 Å². The topological polar surface area (TPSA) is 9.23 Å². The number of rotatable bonds is 4. The summed E-state index contributed by atoms with van der Waals surface area (Å²) in [7, 11) is -2.62. The SMILES string of the molecule is Cc1ccc2c(c1)CC[C@@H]1[C@@](C)(O[Si](c3ccccc3)(c3ccccc3)C(C)(C)C)CCC[C@]21C. The summed E-state index contributed by atoms with van der Waals surface area (Å²) in [6.07, 6.45) is 5.99. The van der Waals surface area contributed by atoms with Crippen molar-refractivity contribution in [2.45, 2.75) is 89.7 Å². The molecule has 3 aromatic carbocycles. The molecule has 1 fully saturated rings. The Balaban J connectivity index is 1.67. The molecular formula is C33H42OSi. The molecule has 2 heteroatoms. The molecule has 1 saturated carbocycles. The highest BCUT2D eigenvalue weighted by atomic mass is 28.4. The van der Waals surface area contributed by atoms with Gasteiger partial charge in [0.25, 0.3) is 8.32 Å². The van der Waals surface area contributed by atoms with Crippen LogP contribution in [0.15, 0.2) is 78.9 Å². The van der Waals surface area contributed by atoms with Crippen LogP contribution in [0.25, 0.3) is 0 Å². The van der Waals surface area contributed by atoms with Gasteiger partial charge in [-0.15, -0.1) is 0 Å². The smallest absolute Gasteiger partial charge is 0.261 e. The fourth-order valence-corrected chi connectivity index (χ4v) is 12.6. The van der Waals surface area contributed by atoms with Gasteiger partial charge in [-0.1, -0.05) is 112 Å². The van der Waals surface area contributed by atoms with Crippen molar-refractivity contribution in [2.75, 3.05) is 0 Å². The molecule has 0 saturated heterocycles. The highest BCUT2D eigenvalue weighted by Gasteiger charge is 2.59. The van der Waals surface area contributed by atoms with Crippen LogP contribution in [0.5, 0.6) is 0 Å². The van der Waals surface area contributed by atoms with Crippen molar-refractivity contribution in [3.8, 4) is 0 Å². The van der Waals surface area contributed by atoms with Crippen molar-refractivity contribution in [1.29, 1.82) is 0 Å². The quantitative estimate of drug-likeness (QED) is 0.354. The maximum absolute atomic E-state index is 7.92. The van der Waals surface area contributed by atoms with E-state index in [9.17, 15) is 0 Å². The Bertz CT molecular complexity index is 1140. The van der Waals surface area contributed by atoms with Gasteiger partial charge in [0, 0.05) is 0 Å². The van der Waals surface area contributed by atoms with E-state index in [1.807, 2.05) is 0 Å². The molecule has 35 heavy (non-hydrogen) atoms. The largest absolute Gasteiger partial charge is 0.402 e. The fourth-order valence-electron chi connectivity index (χ4n) is 7.68. The van der Waals surface area contributed by atoms with Gasteiger partial charge in [-0.25, -0.2) is 0 Å². The van der Waals surface area contributed by atoms with E-state index in [-0.39, 0.29) is 16.1 Å². The molecule has 0 radical (unpaired) electrons. The number of fused-ring (bicyclic) bond motifs is 3. The van der Waals surface area contributed by atoms with Crippen molar-refractivity contribution >= 4 is 18.7 Å².